The Bertz CT molecular complexity index is 682. The number of rotatable bonds is 2. The van der Waals surface area contributed by atoms with Crippen molar-refractivity contribution in [1.82, 2.24) is 9.97 Å². The first-order valence-corrected chi connectivity index (χ1v) is 8.20. The first-order chi connectivity index (χ1) is 10.1. The van der Waals surface area contributed by atoms with Gasteiger partial charge in [0.05, 0.1) is 0 Å². The summed E-state index contributed by atoms with van der Waals surface area (Å²) < 4.78 is 1.09. The Morgan fingerprint density at radius 1 is 1.29 bits per heavy atom. The molecule has 0 amide bonds. The molecule has 1 aromatic carbocycles. The average molecular weight is 346 g/mol. The maximum atomic E-state index is 5.82. The van der Waals surface area contributed by atoms with Gasteiger partial charge in [-0.25, -0.2) is 9.97 Å². The van der Waals surface area contributed by atoms with Gasteiger partial charge in [0, 0.05) is 21.4 Å². The van der Waals surface area contributed by atoms with E-state index in [0.29, 0.717) is 5.92 Å². The second kappa shape index (κ2) is 5.85. The summed E-state index contributed by atoms with van der Waals surface area (Å²) >= 11 is 3.51. The van der Waals surface area contributed by atoms with Gasteiger partial charge in [-0.15, -0.1) is 0 Å². The molecule has 0 saturated heterocycles. The van der Waals surface area contributed by atoms with Gasteiger partial charge in [0.1, 0.15) is 0 Å². The van der Waals surface area contributed by atoms with Crippen molar-refractivity contribution in [2.24, 2.45) is 11.7 Å². The van der Waals surface area contributed by atoms with Gasteiger partial charge in [-0.05, 0) is 74.9 Å². The standard InChI is InChI=1S/C17H20BrN3/c1-10-7-13(18)4-5-14(10)17-20-11(2)15-8-12(9-19)3-6-16(15)21-17/h4-5,7,12H,3,6,8-9,19H2,1-2H3. The van der Waals surface area contributed by atoms with Crippen LogP contribution in [0.25, 0.3) is 11.4 Å². The van der Waals surface area contributed by atoms with Crippen molar-refractivity contribution in [2.45, 2.75) is 33.1 Å². The molecule has 21 heavy (non-hydrogen) atoms. The maximum Gasteiger partial charge on any atom is 0.159 e. The van der Waals surface area contributed by atoms with E-state index in [0.717, 1.165) is 47.4 Å². The Labute approximate surface area is 134 Å². The second-order valence-electron chi connectivity index (χ2n) is 5.86. The van der Waals surface area contributed by atoms with Crippen molar-refractivity contribution in [3.8, 4) is 11.4 Å². The molecule has 0 radical (unpaired) electrons. The number of benzene rings is 1. The van der Waals surface area contributed by atoms with Gasteiger partial charge in [-0.1, -0.05) is 15.9 Å². The summed E-state index contributed by atoms with van der Waals surface area (Å²) in [6, 6.07) is 6.24. The molecule has 3 nitrogen and oxygen atoms in total. The first-order valence-electron chi connectivity index (χ1n) is 7.41. The van der Waals surface area contributed by atoms with Crippen molar-refractivity contribution >= 4 is 15.9 Å². The molecule has 0 spiro atoms. The largest absolute Gasteiger partial charge is 0.330 e. The third-order valence-electron chi connectivity index (χ3n) is 4.34. The molecule has 1 aromatic heterocycles. The van der Waals surface area contributed by atoms with Gasteiger partial charge in [0.15, 0.2) is 5.82 Å². The molecule has 1 atom stereocenters. The van der Waals surface area contributed by atoms with Crippen molar-refractivity contribution in [2.75, 3.05) is 6.54 Å². The number of hydrogen-bond acceptors (Lipinski definition) is 3. The normalized spacial score (nSPS) is 17.6. The topological polar surface area (TPSA) is 51.8 Å². The monoisotopic (exact) mass is 345 g/mol. The zero-order chi connectivity index (χ0) is 15.0. The summed E-state index contributed by atoms with van der Waals surface area (Å²) in [4.78, 5) is 9.59. The van der Waals surface area contributed by atoms with Crippen LogP contribution >= 0.6 is 15.9 Å². The summed E-state index contributed by atoms with van der Waals surface area (Å²) in [5.41, 5.74) is 11.8. The Kier molecular flexibility index (Phi) is 4.09. The van der Waals surface area contributed by atoms with Crippen molar-refractivity contribution in [3.05, 3.63) is 45.2 Å². The number of halogens is 1. The van der Waals surface area contributed by atoms with Crippen LogP contribution in [0.15, 0.2) is 22.7 Å². The molecule has 1 unspecified atom stereocenters. The summed E-state index contributed by atoms with van der Waals surface area (Å²) in [6.07, 6.45) is 3.18. The van der Waals surface area contributed by atoms with E-state index < -0.39 is 0 Å². The highest BCUT2D eigenvalue weighted by atomic mass is 79.9. The fourth-order valence-electron chi connectivity index (χ4n) is 3.06. The molecule has 1 aliphatic rings. The number of nitrogens with zero attached hydrogens (tertiary/aromatic N) is 2. The first kappa shape index (κ1) is 14.7. The molecular formula is C17H20BrN3. The second-order valence-corrected chi connectivity index (χ2v) is 6.78. The van der Waals surface area contributed by atoms with Crippen LogP contribution in [-0.4, -0.2) is 16.5 Å². The number of aryl methyl sites for hydroxylation is 3. The average Bonchev–Trinajstić information content (AvgIpc) is 2.47. The van der Waals surface area contributed by atoms with E-state index in [1.54, 1.807) is 0 Å². The van der Waals surface area contributed by atoms with Gasteiger partial charge >= 0.3 is 0 Å². The van der Waals surface area contributed by atoms with Gasteiger partial charge in [0.25, 0.3) is 0 Å². The van der Waals surface area contributed by atoms with Crippen LogP contribution in [0.1, 0.15) is 28.9 Å². The Morgan fingerprint density at radius 2 is 2.10 bits per heavy atom. The number of fused-ring (bicyclic) bond motifs is 1. The fraction of sp³-hybridized carbons (Fsp3) is 0.412. The lowest BCUT2D eigenvalue weighted by molar-refractivity contribution is 0.460. The highest BCUT2D eigenvalue weighted by molar-refractivity contribution is 9.10. The summed E-state index contributed by atoms with van der Waals surface area (Å²) in [6.45, 7) is 4.95. The summed E-state index contributed by atoms with van der Waals surface area (Å²) in [5, 5.41) is 0. The molecule has 1 heterocycles. The van der Waals surface area contributed by atoms with E-state index in [1.807, 2.05) is 6.07 Å². The van der Waals surface area contributed by atoms with E-state index in [4.69, 9.17) is 15.7 Å². The molecule has 2 N–H and O–H groups in total. The molecule has 110 valence electrons. The van der Waals surface area contributed by atoms with Gasteiger partial charge in [-0.2, -0.15) is 0 Å². The van der Waals surface area contributed by atoms with E-state index in [1.165, 1.54) is 16.8 Å². The summed E-state index contributed by atoms with van der Waals surface area (Å²) in [5.74, 6) is 1.43. The van der Waals surface area contributed by atoms with Crippen LogP contribution in [0.5, 0.6) is 0 Å². The maximum absolute atomic E-state index is 5.82. The smallest absolute Gasteiger partial charge is 0.159 e. The lowest BCUT2D eigenvalue weighted by Crippen LogP contribution is -2.24. The highest BCUT2D eigenvalue weighted by Gasteiger charge is 2.22. The molecule has 4 heteroatoms. The minimum atomic E-state index is 0.583. The van der Waals surface area contributed by atoms with E-state index in [2.05, 4.69) is 41.9 Å². The molecule has 0 aliphatic heterocycles. The van der Waals surface area contributed by atoms with Crippen LogP contribution in [-0.2, 0) is 12.8 Å². The van der Waals surface area contributed by atoms with Crippen LogP contribution in [0.2, 0.25) is 0 Å². The van der Waals surface area contributed by atoms with E-state index >= 15 is 0 Å². The van der Waals surface area contributed by atoms with Gasteiger partial charge in [0.2, 0.25) is 0 Å². The zero-order valence-corrected chi connectivity index (χ0v) is 14.1. The van der Waals surface area contributed by atoms with E-state index in [9.17, 15) is 0 Å². The third-order valence-corrected chi connectivity index (χ3v) is 4.84. The Balaban J connectivity index is 2.04. The minimum Gasteiger partial charge on any atom is -0.330 e. The predicted molar refractivity (Wildman–Crippen MR) is 89.2 cm³/mol. The van der Waals surface area contributed by atoms with Gasteiger partial charge < -0.3 is 5.73 Å². The van der Waals surface area contributed by atoms with Crippen molar-refractivity contribution < 1.29 is 0 Å². The minimum absolute atomic E-state index is 0.583. The quantitative estimate of drug-likeness (QED) is 0.904. The Hall–Kier alpha value is -1.26. The molecule has 0 bridgehead atoms. The van der Waals surface area contributed by atoms with Crippen molar-refractivity contribution in [3.63, 3.8) is 0 Å². The summed E-state index contributed by atoms with van der Waals surface area (Å²) in [7, 11) is 0. The lowest BCUT2D eigenvalue weighted by Gasteiger charge is -2.24. The van der Waals surface area contributed by atoms with Crippen molar-refractivity contribution in [1.29, 1.82) is 0 Å². The molecule has 1 aliphatic carbocycles. The SMILES string of the molecule is Cc1cc(Br)ccc1-c1nc(C)c2c(n1)CCC(CN)C2. The van der Waals surface area contributed by atoms with Crippen LogP contribution in [0.4, 0.5) is 0 Å². The van der Waals surface area contributed by atoms with Crippen LogP contribution < -0.4 is 5.73 Å². The molecular weight excluding hydrogens is 326 g/mol. The predicted octanol–water partition coefficient (Wildman–Crippen LogP) is 3.59. The Morgan fingerprint density at radius 3 is 2.81 bits per heavy atom. The van der Waals surface area contributed by atoms with Crippen LogP contribution in [0.3, 0.4) is 0 Å². The number of hydrogen-bond donors (Lipinski definition) is 1. The molecule has 0 saturated carbocycles. The lowest BCUT2D eigenvalue weighted by atomic mass is 9.86. The molecule has 2 aromatic rings. The third kappa shape index (κ3) is 2.87. The van der Waals surface area contributed by atoms with Crippen LogP contribution in [0, 0.1) is 19.8 Å². The number of aromatic nitrogens is 2. The molecule has 3 rings (SSSR count). The fourth-order valence-corrected chi connectivity index (χ4v) is 3.53. The highest BCUT2D eigenvalue weighted by Crippen LogP contribution is 2.29. The van der Waals surface area contributed by atoms with E-state index in [-0.39, 0.29) is 0 Å². The number of nitrogens with two attached hydrogens (primary N) is 1. The van der Waals surface area contributed by atoms with Gasteiger partial charge in [-0.3, -0.25) is 0 Å². The zero-order valence-electron chi connectivity index (χ0n) is 12.5. The molecule has 0 fully saturated rings.